The molecule has 0 radical (unpaired) electrons. The van der Waals surface area contributed by atoms with Crippen LogP contribution in [0.4, 0.5) is 16.2 Å². The Labute approximate surface area is 119 Å². The molecule has 0 aliphatic rings. The first-order chi connectivity index (χ1) is 9.67. The second-order valence-electron chi connectivity index (χ2n) is 4.59. The average molecular weight is 269 g/mol. The highest BCUT2D eigenvalue weighted by Gasteiger charge is 1.97. The number of benzene rings is 2. The van der Waals surface area contributed by atoms with Crippen LogP contribution in [-0.2, 0) is 13.0 Å². The molecule has 2 rings (SSSR count). The maximum absolute atomic E-state index is 10.7. The van der Waals surface area contributed by atoms with E-state index in [9.17, 15) is 4.79 Å². The number of hydrogen-bond donors (Lipinski definition) is 3. The summed E-state index contributed by atoms with van der Waals surface area (Å²) in [6, 6.07) is 15.5. The SMILES string of the molecule is CCc1ccc(CNc2ccc(NC(N)=O)cc2)cc1. The molecule has 0 saturated carbocycles. The number of amides is 2. The van der Waals surface area contributed by atoms with Crippen LogP contribution < -0.4 is 16.4 Å². The van der Waals surface area contributed by atoms with Crippen molar-refractivity contribution in [3.63, 3.8) is 0 Å². The molecule has 0 fully saturated rings. The summed E-state index contributed by atoms with van der Waals surface area (Å²) in [5.74, 6) is 0. The van der Waals surface area contributed by atoms with Crippen LogP contribution >= 0.6 is 0 Å². The molecule has 104 valence electrons. The molecule has 0 bridgehead atoms. The summed E-state index contributed by atoms with van der Waals surface area (Å²) < 4.78 is 0. The summed E-state index contributed by atoms with van der Waals surface area (Å²) in [6.45, 7) is 2.92. The summed E-state index contributed by atoms with van der Waals surface area (Å²) in [7, 11) is 0. The van der Waals surface area contributed by atoms with Gasteiger partial charge in [0.1, 0.15) is 0 Å². The Bertz CT molecular complexity index is 561. The summed E-state index contributed by atoms with van der Waals surface area (Å²) >= 11 is 0. The van der Waals surface area contributed by atoms with Crippen LogP contribution in [0, 0.1) is 0 Å². The van der Waals surface area contributed by atoms with Gasteiger partial charge in [-0.25, -0.2) is 4.79 Å². The van der Waals surface area contributed by atoms with Crippen molar-refractivity contribution in [1.29, 1.82) is 0 Å². The van der Waals surface area contributed by atoms with Crippen molar-refractivity contribution >= 4 is 17.4 Å². The molecule has 0 heterocycles. The van der Waals surface area contributed by atoms with Crippen molar-refractivity contribution in [1.82, 2.24) is 0 Å². The number of carbonyl (C=O) groups is 1. The third-order valence-electron chi connectivity index (χ3n) is 3.08. The van der Waals surface area contributed by atoms with Crippen LogP contribution in [0.5, 0.6) is 0 Å². The van der Waals surface area contributed by atoms with Gasteiger partial charge in [0, 0.05) is 17.9 Å². The molecule has 0 aliphatic carbocycles. The largest absolute Gasteiger partial charge is 0.381 e. The van der Waals surface area contributed by atoms with E-state index in [1.54, 1.807) is 0 Å². The van der Waals surface area contributed by atoms with Crippen molar-refractivity contribution in [3.05, 3.63) is 59.7 Å². The fourth-order valence-corrected chi connectivity index (χ4v) is 1.91. The topological polar surface area (TPSA) is 67.2 Å². The normalized spacial score (nSPS) is 10.1. The summed E-state index contributed by atoms with van der Waals surface area (Å²) in [5, 5.41) is 5.86. The van der Waals surface area contributed by atoms with Crippen molar-refractivity contribution in [2.75, 3.05) is 10.6 Å². The Morgan fingerprint density at radius 2 is 1.50 bits per heavy atom. The van der Waals surface area contributed by atoms with Gasteiger partial charge in [0.15, 0.2) is 0 Å². The van der Waals surface area contributed by atoms with E-state index >= 15 is 0 Å². The Balaban J connectivity index is 1.91. The third-order valence-corrected chi connectivity index (χ3v) is 3.08. The van der Waals surface area contributed by atoms with E-state index in [1.807, 2.05) is 24.3 Å². The fourth-order valence-electron chi connectivity index (χ4n) is 1.91. The van der Waals surface area contributed by atoms with E-state index < -0.39 is 6.03 Å². The lowest BCUT2D eigenvalue weighted by molar-refractivity contribution is 0.259. The maximum atomic E-state index is 10.7. The molecule has 4 N–H and O–H groups in total. The zero-order chi connectivity index (χ0) is 14.4. The standard InChI is InChI=1S/C16H19N3O/c1-2-12-3-5-13(6-4-12)11-18-14-7-9-15(10-8-14)19-16(17)20/h3-10,18H,2,11H2,1H3,(H3,17,19,20). The number of rotatable bonds is 5. The number of anilines is 2. The molecular formula is C16H19N3O. The van der Waals surface area contributed by atoms with E-state index in [1.165, 1.54) is 11.1 Å². The molecular weight excluding hydrogens is 250 g/mol. The molecule has 2 aromatic rings. The number of nitrogens with one attached hydrogen (secondary N) is 2. The van der Waals surface area contributed by atoms with Crippen LogP contribution in [0.25, 0.3) is 0 Å². The molecule has 0 atom stereocenters. The zero-order valence-electron chi connectivity index (χ0n) is 11.5. The summed E-state index contributed by atoms with van der Waals surface area (Å²) in [5.41, 5.74) is 9.33. The molecule has 4 heteroatoms. The number of hydrogen-bond acceptors (Lipinski definition) is 2. The molecule has 0 saturated heterocycles. The Hall–Kier alpha value is -2.49. The van der Waals surface area contributed by atoms with Crippen LogP contribution in [-0.4, -0.2) is 6.03 Å². The number of carbonyl (C=O) groups excluding carboxylic acids is 1. The van der Waals surface area contributed by atoms with E-state index in [-0.39, 0.29) is 0 Å². The number of primary amides is 1. The minimum atomic E-state index is -0.554. The number of nitrogens with two attached hydrogens (primary N) is 1. The van der Waals surface area contributed by atoms with Gasteiger partial charge in [0.2, 0.25) is 0 Å². The monoisotopic (exact) mass is 269 g/mol. The minimum Gasteiger partial charge on any atom is -0.381 e. The lowest BCUT2D eigenvalue weighted by atomic mass is 10.1. The Morgan fingerprint density at radius 3 is 2.05 bits per heavy atom. The lowest BCUT2D eigenvalue weighted by Gasteiger charge is -2.08. The summed E-state index contributed by atoms with van der Waals surface area (Å²) in [4.78, 5) is 10.7. The van der Waals surface area contributed by atoms with Crippen molar-refractivity contribution in [2.45, 2.75) is 19.9 Å². The van der Waals surface area contributed by atoms with Crippen LogP contribution in [0.2, 0.25) is 0 Å². The third kappa shape index (κ3) is 4.02. The molecule has 0 unspecified atom stereocenters. The van der Waals surface area contributed by atoms with Gasteiger partial charge in [-0.3, -0.25) is 0 Å². The highest BCUT2D eigenvalue weighted by Crippen LogP contribution is 2.14. The van der Waals surface area contributed by atoms with Gasteiger partial charge >= 0.3 is 6.03 Å². The average Bonchev–Trinajstić information content (AvgIpc) is 2.46. The van der Waals surface area contributed by atoms with Crippen LogP contribution in [0.1, 0.15) is 18.1 Å². The summed E-state index contributed by atoms with van der Waals surface area (Å²) in [6.07, 6.45) is 1.06. The molecule has 20 heavy (non-hydrogen) atoms. The highest BCUT2D eigenvalue weighted by atomic mass is 16.2. The molecule has 2 amide bonds. The lowest BCUT2D eigenvalue weighted by Crippen LogP contribution is -2.19. The van der Waals surface area contributed by atoms with Gasteiger partial charge in [-0.05, 0) is 41.8 Å². The van der Waals surface area contributed by atoms with Gasteiger partial charge in [-0.2, -0.15) is 0 Å². The molecule has 0 aliphatic heterocycles. The first kappa shape index (κ1) is 13.9. The molecule has 4 nitrogen and oxygen atoms in total. The van der Waals surface area contributed by atoms with Gasteiger partial charge in [0.05, 0.1) is 0 Å². The minimum absolute atomic E-state index is 0.554. The Kier molecular flexibility index (Phi) is 4.60. The molecule has 2 aromatic carbocycles. The predicted octanol–water partition coefficient (Wildman–Crippen LogP) is 3.35. The van der Waals surface area contributed by atoms with Gasteiger partial charge in [-0.15, -0.1) is 0 Å². The van der Waals surface area contributed by atoms with E-state index in [4.69, 9.17) is 5.73 Å². The van der Waals surface area contributed by atoms with E-state index in [2.05, 4.69) is 41.8 Å². The van der Waals surface area contributed by atoms with Gasteiger partial charge in [-0.1, -0.05) is 31.2 Å². The van der Waals surface area contributed by atoms with E-state index in [0.717, 1.165) is 18.7 Å². The zero-order valence-corrected chi connectivity index (χ0v) is 11.5. The van der Waals surface area contributed by atoms with Crippen molar-refractivity contribution in [2.24, 2.45) is 5.73 Å². The van der Waals surface area contributed by atoms with Crippen molar-refractivity contribution < 1.29 is 4.79 Å². The molecule has 0 spiro atoms. The van der Waals surface area contributed by atoms with Crippen molar-refractivity contribution in [3.8, 4) is 0 Å². The molecule has 0 aromatic heterocycles. The quantitative estimate of drug-likeness (QED) is 0.779. The number of aryl methyl sites for hydroxylation is 1. The second-order valence-corrected chi connectivity index (χ2v) is 4.59. The highest BCUT2D eigenvalue weighted by molar-refractivity contribution is 5.87. The van der Waals surface area contributed by atoms with Crippen LogP contribution in [0.3, 0.4) is 0 Å². The Morgan fingerprint density at radius 1 is 0.950 bits per heavy atom. The second kappa shape index (κ2) is 6.61. The van der Waals surface area contributed by atoms with E-state index in [0.29, 0.717) is 5.69 Å². The maximum Gasteiger partial charge on any atom is 0.316 e. The first-order valence-electron chi connectivity index (χ1n) is 6.65. The first-order valence-corrected chi connectivity index (χ1v) is 6.65. The fraction of sp³-hybridized carbons (Fsp3) is 0.188. The van der Waals surface area contributed by atoms with Crippen LogP contribution in [0.15, 0.2) is 48.5 Å². The number of urea groups is 1. The smallest absolute Gasteiger partial charge is 0.316 e. The predicted molar refractivity (Wildman–Crippen MR) is 82.8 cm³/mol. The van der Waals surface area contributed by atoms with Gasteiger partial charge < -0.3 is 16.4 Å². The van der Waals surface area contributed by atoms with Gasteiger partial charge in [0.25, 0.3) is 0 Å².